The van der Waals surface area contributed by atoms with Gasteiger partial charge in [-0.1, -0.05) is 27.7 Å². The second-order valence-corrected chi connectivity index (χ2v) is 4.55. The molecule has 0 unspecified atom stereocenters. The second-order valence-electron chi connectivity index (χ2n) is 4.55. The molecule has 3 N–H and O–H groups in total. The van der Waals surface area contributed by atoms with E-state index in [4.69, 9.17) is 5.73 Å². The van der Waals surface area contributed by atoms with Crippen molar-refractivity contribution in [1.82, 2.24) is 10.2 Å². The zero-order valence-electron chi connectivity index (χ0n) is 11.9. The minimum Gasteiger partial charge on any atom is -0.353 e. The molecule has 0 aromatic carbocycles. The molecule has 0 fully saturated rings. The lowest BCUT2D eigenvalue weighted by Gasteiger charge is -2.26. The van der Waals surface area contributed by atoms with Crippen LogP contribution in [-0.4, -0.2) is 42.5 Å². The molecule has 0 radical (unpaired) electrons. The van der Waals surface area contributed by atoms with Crippen molar-refractivity contribution in [1.29, 1.82) is 0 Å². The van der Waals surface area contributed by atoms with Crippen LogP contribution in [0.4, 0.5) is 0 Å². The first-order chi connectivity index (χ1) is 8.03. The van der Waals surface area contributed by atoms with Crippen molar-refractivity contribution < 1.29 is 4.79 Å². The van der Waals surface area contributed by atoms with Crippen LogP contribution in [0.3, 0.4) is 0 Å². The molecule has 0 rings (SSSR count). The number of rotatable bonds is 9. The van der Waals surface area contributed by atoms with E-state index in [-0.39, 0.29) is 5.91 Å². The molecule has 0 aliphatic heterocycles. The topological polar surface area (TPSA) is 58.4 Å². The maximum absolute atomic E-state index is 11.9. The van der Waals surface area contributed by atoms with E-state index in [0.29, 0.717) is 19.4 Å². The van der Waals surface area contributed by atoms with E-state index < -0.39 is 5.54 Å². The highest BCUT2D eigenvalue weighted by Crippen LogP contribution is 2.10. The van der Waals surface area contributed by atoms with Crippen LogP contribution in [0.2, 0.25) is 0 Å². The Morgan fingerprint density at radius 2 is 1.76 bits per heavy atom. The Morgan fingerprint density at radius 1 is 1.18 bits per heavy atom. The zero-order chi connectivity index (χ0) is 13.3. The van der Waals surface area contributed by atoms with E-state index in [0.717, 1.165) is 26.1 Å². The van der Waals surface area contributed by atoms with Gasteiger partial charge in [-0.3, -0.25) is 4.79 Å². The van der Waals surface area contributed by atoms with Crippen molar-refractivity contribution in [2.75, 3.05) is 26.2 Å². The molecule has 0 bridgehead atoms. The molecule has 0 heterocycles. The number of nitrogens with two attached hydrogens (primary N) is 1. The Morgan fingerprint density at radius 3 is 2.18 bits per heavy atom. The summed E-state index contributed by atoms with van der Waals surface area (Å²) < 4.78 is 0. The molecule has 0 saturated heterocycles. The smallest absolute Gasteiger partial charge is 0.240 e. The van der Waals surface area contributed by atoms with Gasteiger partial charge in [-0.05, 0) is 32.4 Å². The molecule has 0 spiro atoms. The summed E-state index contributed by atoms with van der Waals surface area (Å²) in [5.74, 6) is -0.0185. The maximum Gasteiger partial charge on any atom is 0.240 e. The Bertz CT molecular complexity index is 215. The lowest BCUT2D eigenvalue weighted by Crippen LogP contribution is -2.54. The Hall–Kier alpha value is -0.610. The van der Waals surface area contributed by atoms with E-state index in [1.165, 1.54) is 0 Å². The maximum atomic E-state index is 11.9. The van der Waals surface area contributed by atoms with Gasteiger partial charge in [-0.25, -0.2) is 0 Å². The van der Waals surface area contributed by atoms with Crippen LogP contribution < -0.4 is 11.1 Å². The summed E-state index contributed by atoms with van der Waals surface area (Å²) in [4.78, 5) is 14.2. The summed E-state index contributed by atoms with van der Waals surface area (Å²) >= 11 is 0. The van der Waals surface area contributed by atoms with Gasteiger partial charge in [0.25, 0.3) is 0 Å². The van der Waals surface area contributed by atoms with E-state index in [1.807, 2.05) is 13.8 Å². The van der Waals surface area contributed by atoms with Crippen molar-refractivity contribution in [3.63, 3.8) is 0 Å². The number of hydrogen-bond acceptors (Lipinski definition) is 3. The summed E-state index contributed by atoms with van der Waals surface area (Å²) in [5.41, 5.74) is 5.33. The summed E-state index contributed by atoms with van der Waals surface area (Å²) in [6, 6.07) is 0. The van der Waals surface area contributed by atoms with Gasteiger partial charge < -0.3 is 16.0 Å². The molecular formula is C13H29N3O. The van der Waals surface area contributed by atoms with Gasteiger partial charge in [0.1, 0.15) is 0 Å². The van der Waals surface area contributed by atoms with Crippen LogP contribution >= 0.6 is 0 Å². The van der Waals surface area contributed by atoms with E-state index in [2.05, 4.69) is 24.1 Å². The predicted molar refractivity (Wildman–Crippen MR) is 72.9 cm³/mol. The van der Waals surface area contributed by atoms with E-state index >= 15 is 0 Å². The third-order valence-electron chi connectivity index (χ3n) is 3.41. The molecule has 102 valence electrons. The van der Waals surface area contributed by atoms with Gasteiger partial charge in [-0.15, -0.1) is 0 Å². The van der Waals surface area contributed by atoms with Gasteiger partial charge >= 0.3 is 0 Å². The lowest BCUT2D eigenvalue weighted by molar-refractivity contribution is -0.126. The molecule has 4 nitrogen and oxygen atoms in total. The largest absolute Gasteiger partial charge is 0.353 e. The first kappa shape index (κ1) is 16.4. The highest BCUT2D eigenvalue weighted by atomic mass is 16.2. The van der Waals surface area contributed by atoms with E-state index in [1.54, 1.807) is 0 Å². The van der Waals surface area contributed by atoms with Gasteiger partial charge in [0, 0.05) is 13.1 Å². The van der Waals surface area contributed by atoms with Crippen molar-refractivity contribution in [2.24, 2.45) is 5.73 Å². The minimum absolute atomic E-state index is 0.0185. The van der Waals surface area contributed by atoms with Crippen LogP contribution in [-0.2, 0) is 4.79 Å². The van der Waals surface area contributed by atoms with Crippen LogP contribution in [0.15, 0.2) is 0 Å². The molecular weight excluding hydrogens is 214 g/mol. The number of carbonyl (C=O) groups excluding carboxylic acids is 1. The number of nitrogens with zero attached hydrogens (tertiary/aromatic N) is 1. The Balaban J connectivity index is 3.99. The third-order valence-corrected chi connectivity index (χ3v) is 3.41. The van der Waals surface area contributed by atoms with Crippen molar-refractivity contribution >= 4 is 5.91 Å². The van der Waals surface area contributed by atoms with Crippen LogP contribution in [0.25, 0.3) is 0 Å². The minimum atomic E-state index is -0.693. The molecule has 0 atom stereocenters. The van der Waals surface area contributed by atoms with Crippen LogP contribution in [0, 0.1) is 0 Å². The van der Waals surface area contributed by atoms with E-state index in [9.17, 15) is 4.79 Å². The fourth-order valence-corrected chi connectivity index (χ4v) is 1.82. The number of likely N-dealkylation sites (N-methyl/N-ethyl adjacent to an activating group) is 1. The number of carbonyl (C=O) groups is 1. The molecule has 17 heavy (non-hydrogen) atoms. The molecule has 1 amide bonds. The summed E-state index contributed by atoms with van der Waals surface area (Å²) in [6.45, 7) is 11.9. The van der Waals surface area contributed by atoms with Crippen molar-refractivity contribution in [3.05, 3.63) is 0 Å². The molecule has 4 heteroatoms. The normalized spacial score (nSPS) is 11.9. The van der Waals surface area contributed by atoms with Crippen LogP contribution in [0.5, 0.6) is 0 Å². The number of nitrogens with one attached hydrogen (secondary N) is 1. The van der Waals surface area contributed by atoms with Gasteiger partial charge in [-0.2, -0.15) is 0 Å². The summed E-state index contributed by atoms with van der Waals surface area (Å²) in [5, 5.41) is 2.94. The Kier molecular flexibility index (Phi) is 8.17. The molecule has 0 aromatic rings. The summed E-state index contributed by atoms with van der Waals surface area (Å²) in [7, 11) is 0. The summed E-state index contributed by atoms with van der Waals surface area (Å²) in [6.07, 6.45) is 2.51. The van der Waals surface area contributed by atoms with Crippen molar-refractivity contribution in [2.45, 2.75) is 52.5 Å². The first-order valence-electron chi connectivity index (χ1n) is 6.83. The van der Waals surface area contributed by atoms with Gasteiger partial charge in [0.15, 0.2) is 0 Å². The molecule has 0 saturated carbocycles. The highest BCUT2D eigenvalue weighted by Gasteiger charge is 2.29. The van der Waals surface area contributed by atoms with Gasteiger partial charge in [0.05, 0.1) is 5.54 Å². The molecule has 0 aromatic heterocycles. The fraction of sp³-hybridized carbons (Fsp3) is 0.923. The SMILES string of the molecule is CCCN(CC)CCNC(=O)C(N)(CC)CC. The predicted octanol–water partition coefficient (Wildman–Crippen LogP) is 1.35. The highest BCUT2D eigenvalue weighted by molar-refractivity contribution is 5.85. The number of hydrogen-bond donors (Lipinski definition) is 2. The first-order valence-corrected chi connectivity index (χ1v) is 6.83. The average Bonchev–Trinajstić information content (AvgIpc) is 2.36. The second kappa shape index (κ2) is 8.48. The molecule has 0 aliphatic rings. The quantitative estimate of drug-likeness (QED) is 0.643. The monoisotopic (exact) mass is 243 g/mol. The Labute approximate surface area is 106 Å². The van der Waals surface area contributed by atoms with Gasteiger partial charge in [0.2, 0.25) is 5.91 Å². The molecule has 0 aliphatic carbocycles. The lowest BCUT2D eigenvalue weighted by atomic mass is 9.93. The van der Waals surface area contributed by atoms with Crippen molar-refractivity contribution in [3.8, 4) is 0 Å². The fourth-order valence-electron chi connectivity index (χ4n) is 1.82. The van der Waals surface area contributed by atoms with Crippen LogP contribution in [0.1, 0.15) is 47.0 Å². The third kappa shape index (κ3) is 5.50. The standard InChI is InChI=1S/C13H29N3O/c1-5-10-16(8-4)11-9-15-12(17)13(14,6-2)7-3/h5-11,14H2,1-4H3,(H,15,17). The average molecular weight is 243 g/mol. The number of amides is 1. The zero-order valence-corrected chi connectivity index (χ0v) is 11.9.